The first-order valence-electron chi connectivity index (χ1n) is 8.07. The molecule has 0 spiro atoms. The molecule has 0 fully saturated rings. The lowest BCUT2D eigenvalue weighted by Crippen LogP contribution is -2.36. The van der Waals surface area contributed by atoms with E-state index in [0.29, 0.717) is 5.75 Å². The van der Waals surface area contributed by atoms with Crippen molar-refractivity contribution >= 4 is 32.4 Å². The molecule has 0 aliphatic rings. The van der Waals surface area contributed by atoms with Gasteiger partial charge in [0.2, 0.25) is 15.4 Å². The molecule has 2 N–H and O–H groups in total. The molecule has 0 aliphatic heterocycles. The topological polar surface area (TPSA) is 110 Å². The smallest absolute Gasteiger partial charge is 0.270 e. The molecule has 1 aromatic carbocycles. The molecule has 0 bridgehead atoms. The highest BCUT2D eigenvalue weighted by molar-refractivity contribution is 7.91. The maximum absolute atomic E-state index is 12.3. The summed E-state index contributed by atoms with van der Waals surface area (Å²) in [6.45, 7) is 7.54. The predicted octanol–water partition coefficient (Wildman–Crippen LogP) is 2.25. The van der Waals surface area contributed by atoms with E-state index in [-0.39, 0.29) is 28.4 Å². The molecule has 1 aromatic heterocycles. The number of amides is 1. The standard InChI is InChI=1S/C16H22N4O4S2/c1-5-14(21)17-15-18-19-16(25-15)26(22,23)20-12(4)9-24-13-7-6-10(2)11(3)8-13/h6-8,12,20H,5,9H2,1-4H3,(H,17,18,21)/t12-/m0/s1. The minimum Gasteiger partial charge on any atom is -0.492 e. The number of aromatic nitrogens is 2. The van der Waals surface area contributed by atoms with Gasteiger partial charge in [-0.25, -0.2) is 13.1 Å². The average molecular weight is 399 g/mol. The van der Waals surface area contributed by atoms with Crippen molar-refractivity contribution in [2.45, 2.75) is 44.5 Å². The van der Waals surface area contributed by atoms with Crippen LogP contribution in [0.2, 0.25) is 0 Å². The molecule has 2 aromatic rings. The summed E-state index contributed by atoms with van der Waals surface area (Å²) in [6, 6.07) is 5.23. The van der Waals surface area contributed by atoms with Gasteiger partial charge in [-0.05, 0) is 44.0 Å². The molecule has 1 amide bonds. The fourth-order valence-electron chi connectivity index (χ4n) is 1.95. The third-order valence-electron chi connectivity index (χ3n) is 3.54. The molecule has 142 valence electrons. The Kier molecular flexibility index (Phi) is 6.68. The lowest BCUT2D eigenvalue weighted by atomic mass is 10.1. The number of ether oxygens (including phenoxy) is 1. The molecular formula is C16H22N4O4S2. The summed E-state index contributed by atoms with van der Waals surface area (Å²) in [7, 11) is -3.84. The lowest BCUT2D eigenvalue weighted by molar-refractivity contribution is -0.115. The minimum atomic E-state index is -3.84. The molecule has 0 aliphatic carbocycles. The molecule has 0 radical (unpaired) electrons. The minimum absolute atomic E-state index is 0.149. The van der Waals surface area contributed by atoms with Crippen LogP contribution in [0.3, 0.4) is 0 Å². The second-order valence-corrected chi connectivity index (χ2v) is 8.72. The van der Waals surface area contributed by atoms with Gasteiger partial charge < -0.3 is 10.1 Å². The largest absolute Gasteiger partial charge is 0.492 e. The van der Waals surface area contributed by atoms with Crippen molar-refractivity contribution in [1.82, 2.24) is 14.9 Å². The summed E-state index contributed by atoms with van der Waals surface area (Å²) in [5.41, 5.74) is 2.26. The van der Waals surface area contributed by atoms with Gasteiger partial charge >= 0.3 is 0 Å². The van der Waals surface area contributed by atoms with E-state index in [9.17, 15) is 13.2 Å². The number of aryl methyl sites for hydroxylation is 2. The monoisotopic (exact) mass is 398 g/mol. The van der Waals surface area contributed by atoms with Gasteiger partial charge in [0.25, 0.3) is 10.0 Å². The van der Waals surface area contributed by atoms with Crippen LogP contribution in [0.5, 0.6) is 5.75 Å². The van der Waals surface area contributed by atoms with Crippen molar-refractivity contribution in [3.05, 3.63) is 29.3 Å². The second-order valence-electron chi connectivity index (χ2n) is 5.85. The van der Waals surface area contributed by atoms with Crippen LogP contribution in [-0.4, -0.2) is 37.2 Å². The van der Waals surface area contributed by atoms with E-state index in [2.05, 4.69) is 20.2 Å². The van der Waals surface area contributed by atoms with Gasteiger partial charge in [0.1, 0.15) is 12.4 Å². The number of carbonyl (C=O) groups is 1. The number of rotatable bonds is 8. The Labute approximate surface area is 157 Å². The second kappa shape index (κ2) is 8.56. The Bertz CT molecular complexity index is 880. The van der Waals surface area contributed by atoms with E-state index in [1.54, 1.807) is 13.8 Å². The summed E-state index contributed by atoms with van der Waals surface area (Å²) in [5, 5.41) is 9.94. The molecule has 0 saturated carbocycles. The maximum atomic E-state index is 12.3. The van der Waals surface area contributed by atoms with Crippen molar-refractivity contribution in [3.63, 3.8) is 0 Å². The number of nitrogens with zero attached hydrogens (tertiary/aromatic N) is 2. The van der Waals surface area contributed by atoms with Crippen LogP contribution in [0.25, 0.3) is 0 Å². The Balaban J connectivity index is 1.95. The molecule has 1 atom stereocenters. The zero-order chi connectivity index (χ0) is 19.3. The molecule has 1 heterocycles. The first-order valence-corrected chi connectivity index (χ1v) is 10.4. The average Bonchev–Trinajstić information content (AvgIpc) is 3.05. The fourth-order valence-corrected chi connectivity index (χ4v) is 4.11. The van der Waals surface area contributed by atoms with Crippen molar-refractivity contribution in [1.29, 1.82) is 0 Å². The van der Waals surface area contributed by atoms with Crippen LogP contribution >= 0.6 is 11.3 Å². The highest BCUT2D eigenvalue weighted by Crippen LogP contribution is 2.20. The van der Waals surface area contributed by atoms with Gasteiger partial charge in [-0.3, -0.25) is 4.79 Å². The van der Waals surface area contributed by atoms with Crippen molar-refractivity contribution in [2.75, 3.05) is 11.9 Å². The Morgan fingerprint density at radius 2 is 2.00 bits per heavy atom. The van der Waals surface area contributed by atoms with E-state index < -0.39 is 16.1 Å². The third-order valence-corrected chi connectivity index (χ3v) is 6.33. The summed E-state index contributed by atoms with van der Waals surface area (Å²) < 4.78 is 32.6. The van der Waals surface area contributed by atoms with Gasteiger partial charge in [0.15, 0.2) is 0 Å². The number of benzene rings is 1. The number of hydrogen-bond donors (Lipinski definition) is 2. The number of sulfonamides is 1. The summed E-state index contributed by atoms with van der Waals surface area (Å²) >= 11 is 0.798. The highest BCUT2D eigenvalue weighted by Gasteiger charge is 2.23. The quantitative estimate of drug-likeness (QED) is 0.660. The van der Waals surface area contributed by atoms with Crippen LogP contribution in [-0.2, 0) is 14.8 Å². The first-order chi connectivity index (χ1) is 12.2. The van der Waals surface area contributed by atoms with Crippen LogP contribution in [0, 0.1) is 13.8 Å². The highest BCUT2D eigenvalue weighted by atomic mass is 32.2. The van der Waals surface area contributed by atoms with E-state index in [4.69, 9.17) is 4.74 Å². The van der Waals surface area contributed by atoms with Gasteiger partial charge in [-0.2, -0.15) is 0 Å². The zero-order valence-electron chi connectivity index (χ0n) is 15.1. The molecule has 2 rings (SSSR count). The third kappa shape index (κ3) is 5.48. The molecule has 10 heteroatoms. The summed E-state index contributed by atoms with van der Waals surface area (Å²) in [5.74, 6) is 0.424. The number of carbonyl (C=O) groups excluding carboxylic acids is 1. The number of nitrogens with one attached hydrogen (secondary N) is 2. The van der Waals surface area contributed by atoms with E-state index in [0.717, 1.165) is 22.5 Å². The van der Waals surface area contributed by atoms with Crippen LogP contribution in [0.1, 0.15) is 31.4 Å². The molecular weight excluding hydrogens is 376 g/mol. The number of hydrogen-bond acceptors (Lipinski definition) is 7. The van der Waals surface area contributed by atoms with Crippen LogP contribution in [0.15, 0.2) is 22.5 Å². The van der Waals surface area contributed by atoms with Gasteiger partial charge in [-0.1, -0.05) is 24.3 Å². The van der Waals surface area contributed by atoms with Crippen molar-refractivity contribution in [3.8, 4) is 5.75 Å². The van der Waals surface area contributed by atoms with Crippen molar-refractivity contribution in [2.24, 2.45) is 0 Å². The van der Waals surface area contributed by atoms with Crippen molar-refractivity contribution < 1.29 is 17.9 Å². The molecule has 8 nitrogen and oxygen atoms in total. The first kappa shape index (κ1) is 20.3. The normalized spacial score (nSPS) is 12.6. The number of anilines is 1. The molecule has 0 unspecified atom stereocenters. The lowest BCUT2D eigenvalue weighted by Gasteiger charge is -2.14. The van der Waals surface area contributed by atoms with Crippen LogP contribution in [0.4, 0.5) is 5.13 Å². The van der Waals surface area contributed by atoms with E-state index in [1.165, 1.54) is 0 Å². The molecule has 26 heavy (non-hydrogen) atoms. The van der Waals surface area contributed by atoms with E-state index in [1.807, 2.05) is 32.0 Å². The zero-order valence-corrected chi connectivity index (χ0v) is 16.7. The van der Waals surface area contributed by atoms with Gasteiger partial charge in [-0.15, -0.1) is 10.2 Å². The SMILES string of the molecule is CCC(=O)Nc1nnc(S(=O)(=O)N[C@@H](C)COc2ccc(C)c(C)c2)s1. The predicted molar refractivity (Wildman–Crippen MR) is 100 cm³/mol. The van der Waals surface area contributed by atoms with Gasteiger partial charge in [0.05, 0.1) is 6.04 Å². The Morgan fingerprint density at radius 1 is 1.27 bits per heavy atom. The fraction of sp³-hybridized carbons (Fsp3) is 0.438. The maximum Gasteiger partial charge on any atom is 0.270 e. The summed E-state index contributed by atoms with van der Waals surface area (Å²) in [6.07, 6.45) is 0.271. The van der Waals surface area contributed by atoms with E-state index >= 15 is 0 Å². The summed E-state index contributed by atoms with van der Waals surface area (Å²) in [4.78, 5) is 11.3. The van der Waals surface area contributed by atoms with Gasteiger partial charge in [0, 0.05) is 6.42 Å². The van der Waals surface area contributed by atoms with Crippen LogP contribution < -0.4 is 14.8 Å². The Morgan fingerprint density at radius 3 is 2.65 bits per heavy atom. The molecule has 0 saturated heterocycles. The Hall–Kier alpha value is -2.04.